The predicted octanol–water partition coefficient (Wildman–Crippen LogP) is 4.02. The number of benzene rings is 1. The molecule has 1 saturated carbocycles. The van der Waals surface area contributed by atoms with Crippen LogP contribution in [0.4, 0.5) is 0 Å². The molecule has 3 rings (SSSR count). The molecular weight excluding hydrogens is 302 g/mol. The SMILES string of the molecule is OCc1c(C2CC2)nc2ccc(Br)cc2c1Cl. The van der Waals surface area contributed by atoms with Gasteiger partial charge in [0.05, 0.1) is 22.8 Å². The summed E-state index contributed by atoms with van der Waals surface area (Å²) in [6.07, 6.45) is 2.30. The number of rotatable bonds is 2. The smallest absolute Gasteiger partial charge is 0.0721 e. The zero-order valence-electron chi connectivity index (χ0n) is 9.08. The molecule has 2 nitrogen and oxygen atoms in total. The number of fused-ring (bicyclic) bond motifs is 1. The van der Waals surface area contributed by atoms with Gasteiger partial charge in [0.2, 0.25) is 0 Å². The normalized spacial score (nSPS) is 15.5. The first-order valence-corrected chi connectivity index (χ1v) is 6.76. The Balaban J connectivity index is 2.32. The van der Waals surface area contributed by atoms with Gasteiger partial charge in [-0.1, -0.05) is 27.5 Å². The highest BCUT2D eigenvalue weighted by Crippen LogP contribution is 2.43. The third-order valence-electron chi connectivity index (χ3n) is 3.13. The Hall–Kier alpha value is -0.640. The number of halogens is 2. The van der Waals surface area contributed by atoms with Gasteiger partial charge in [0.25, 0.3) is 0 Å². The van der Waals surface area contributed by atoms with Crippen LogP contribution in [0.1, 0.15) is 30.0 Å². The van der Waals surface area contributed by atoms with Crippen molar-refractivity contribution in [1.29, 1.82) is 0 Å². The van der Waals surface area contributed by atoms with E-state index in [-0.39, 0.29) is 6.61 Å². The molecule has 1 aliphatic rings. The van der Waals surface area contributed by atoms with E-state index < -0.39 is 0 Å². The Morgan fingerprint density at radius 1 is 1.41 bits per heavy atom. The number of hydrogen-bond acceptors (Lipinski definition) is 2. The largest absolute Gasteiger partial charge is 0.392 e. The summed E-state index contributed by atoms with van der Waals surface area (Å²) in [6.45, 7) is -0.0415. The third-order valence-corrected chi connectivity index (χ3v) is 4.06. The fourth-order valence-corrected chi connectivity index (χ4v) is 2.77. The fourth-order valence-electron chi connectivity index (χ4n) is 2.10. The van der Waals surface area contributed by atoms with Crippen LogP contribution >= 0.6 is 27.5 Å². The molecule has 2 aromatic rings. The summed E-state index contributed by atoms with van der Waals surface area (Å²) in [5, 5.41) is 11.0. The molecule has 1 N–H and O–H groups in total. The maximum absolute atomic E-state index is 9.47. The second-order valence-electron chi connectivity index (χ2n) is 4.38. The van der Waals surface area contributed by atoms with Gasteiger partial charge in [0.1, 0.15) is 0 Å². The average Bonchev–Trinajstić information content (AvgIpc) is 3.14. The van der Waals surface area contributed by atoms with Crippen molar-refractivity contribution >= 4 is 38.4 Å². The van der Waals surface area contributed by atoms with Crippen molar-refractivity contribution in [1.82, 2.24) is 4.98 Å². The first-order chi connectivity index (χ1) is 8.20. The van der Waals surface area contributed by atoms with Gasteiger partial charge >= 0.3 is 0 Å². The predicted molar refractivity (Wildman–Crippen MR) is 72.4 cm³/mol. The van der Waals surface area contributed by atoms with E-state index in [9.17, 15) is 5.11 Å². The maximum atomic E-state index is 9.47. The number of aromatic nitrogens is 1. The molecule has 17 heavy (non-hydrogen) atoms. The van der Waals surface area contributed by atoms with E-state index in [1.165, 1.54) is 0 Å². The van der Waals surface area contributed by atoms with Gasteiger partial charge in [-0.15, -0.1) is 0 Å². The van der Waals surface area contributed by atoms with Crippen LogP contribution in [0.3, 0.4) is 0 Å². The number of aliphatic hydroxyl groups excluding tert-OH is 1. The molecular formula is C13H11BrClNO. The molecule has 0 bridgehead atoms. The van der Waals surface area contributed by atoms with Crippen LogP contribution in [0.15, 0.2) is 22.7 Å². The second-order valence-corrected chi connectivity index (χ2v) is 5.68. The van der Waals surface area contributed by atoms with Crippen molar-refractivity contribution in [3.05, 3.63) is 39.0 Å². The highest BCUT2D eigenvalue weighted by atomic mass is 79.9. The lowest BCUT2D eigenvalue weighted by Crippen LogP contribution is -1.99. The van der Waals surface area contributed by atoms with Crippen molar-refractivity contribution in [3.63, 3.8) is 0 Å². The van der Waals surface area contributed by atoms with E-state index in [2.05, 4.69) is 20.9 Å². The van der Waals surface area contributed by atoms with Crippen LogP contribution in [-0.2, 0) is 6.61 Å². The van der Waals surface area contributed by atoms with Crippen LogP contribution in [0.5, 0.6) is 0 Å². The van der Waals surface area contributed by atoms with E-state index in [1.54, 1.807) is 0 Å². The summed E-state index contributed by atoms with van der Waals surface area (Å²) in [6, 6.07) is 5.86. The number of aliphatic hydroxyl groups is 1. The molecule has 4 heteroatoms. The van der Waals surface area contributed by atoms with E-state index in [4.69, 9.17) is 11.6 Å². The van der Waals surface area contributed by atoms with Crippen molar-refractivity contribution in [3.8, 4) is 0 Å². The van der Waals surface area contributed by atoms with Gasteiger partial charge in [-0.05, 0) is 31.0 Å². The summed E-state index contributed by atoms with van der Waals surface area (Å²) >= 11 is 9.79. The molecule has 0 atom stereocenters. The standard InChI is InChI=1S/C13H11BrClNO/c14-8-3-4-11-9(5-8)12(15)10(6-17)13(16-11)7-1-2-7/h3-5,7,17H,1-2,6H2. The first-order valence-electron chi connectivity index (χ1n) is 5.59. The molecule has 0 unspecified atom stereocenters. The van der Waals surface area contributed by atoms with Crippen LogP contribution in [0, 0.1) is 0 Å². The second kappa shape index (κ2) is 4.23. The minimum Gasteiger partial charge on any atom is -0.392 e. The molecule has 88 valence electrons. The van der Waals surface area contributed by atoms with Crippen molar-refractivity contribution < 1.29 is 5.11 Å². The Bertz CT molecular complexity index is 595. The minimum absolute atomic E-state index is 0.0415. The van der Waals surface area contributed by atoms with E-state index in [1.807, 2.05) is 18.2 Å². The van der Waals surface area contributed by atoms with Crippen LogP contribution < -0.4 is 0 Å². The van der Waals surface area contributed by atoms with Crippen LogP contribution in [0.2, 0.25) is 5.02 Å². The summed E-state index contributed by atoms with van der Waals surface area (Å²) in [7, 11) is 0. The van der Waals surface area contributed by atoms with E-state index in [0.29, 0.717) is 10.9 Å². The topological polar surface area (TPSA) is 33.1 Å². The minimum atomic E-state index is -0.0415. The van der Waals surface area contributed by atoms with Gasteiger partial charge in [-0.3, -0.25) is 4.98 Å². The fraction of sp³-hybridized carbons (Fsp3) is 0.308. The van der Waals surface area contributed by atoms with Crippen molar-refractivity contribution in [2.24, 2.45) is 0 Å². The molecule has 0 amide bonds. The zero-order valence-corrected chi connectivity index (χ0v) is 11.4. The van der Waals surface area contributed by atoms with Gasteiger partial charge in [-0.2, -0.15) is 0 Å². The van der Waals surface area contributed by atoms with Crippen LogP contribution in [-0.4, -0.2) is 10.1 Å². The third kappa shape index (κ3) is 1.96. The highest BCUT2D eigenvalue weighted by Gasteiger charge is 2.29. The summed E-state index contributed by atoms with van der Waals surface area (Å²) in [5.74, 6) is 0.489. The summed E-state index contributed by atoms with van der Waals surface area (Å²) in [4.78, 5) is 4.64. The Labute approximate surface area is 113 Å². The van der Waals surface area contributed by atoms with Crippen molar-refractivity contribution in [2.45, 2.75) is 25.4 Å². The highest BCUT2D eigenvalue weighted by molar-refractivity contribution is 9.10. The number of pyridine rings is 1. The van der Waals surface area contributed by atoms with Gasteiger partial charge in [0, 0.05) is 21.3 Å². The average molecular weight is 313 g/mol. The van der Waals surface area contributed by atoms with Crippen molar-refractivity contribution in [2.75, 3.05) is 0 Å². The lowest BCUT2D eigenvalue weighted by Gasteiger charge is -2.11. The van der Waals surface area contributed by atoms with Gasteiger partial charge < -0.3 is 5.11 Å². The molecule has 1 fully saturated rings. The van der Waals surface area contributed by atoms with Crippen LogP contribution in [0.25, 0.3) is 10.9 Å². The lowest BCUT2D eigenvalue weighted by atomic mass is 10.1. The van der Waals surface area contributed by atoms with E-state index in [0.717, 1.165) is 39.5 Å². The molecule has 1 aromatic carbocycles. The molecule has 0 saturated heterocycles. The van der Waals surface area contributed by atoms with E-state index >= 15 is 0 Å². The number of hydrogen-bond donors (Lipinski definition) is 1. The molecule has 1 aromatic heterocycles. The number of nitrogens with zero attached hydrogens (tertiary/aromatic N) is 1. The molecule has 0 radical (unpaired) electrons. The quantitative estimate of drug-likeness (QED) is 0.908. The lowest BCUT2D eigenvalue weighted by molar-refractivity contribution is 0.280. The molecule has 0 aliphatic heterocycles. The summed E-state index contributed by atoms with van der Waals surface area (Å²) in [5.41, 5.74) is 2.67. The monoisotopic (exact) mass is 311 g/mol. The maximum Gasteiger partial charge on any atom is 0.0721 e. The Kier molecular flexibility index (Phi) is 2.85. The van der Waals surface area contributed by atoms with Gasteiger partial charge in [0.15, 0.2) is 0 Å². The molecule has 0 spiro atoms. The Morgan fingerprint density at radius 3 is 2.82 bits per heavy atom. The van der Waals surface area contributed by atoms with Gasteiger partial charge in [-0.25, -0.2) is 0 Å². The molecule has 1 heterocycles. The Morgan fingerprint density at radius 2 is 2.18 bits per heavy atom. The molecule has 1 aliphatic carbocycles. The zero-order chi connectivity index (χ0) is 12.0. The summed E-state index contributed by atoms with van der Waals surface area (Å²) < 4.78 is 0.969. The first kappa shape index (κ1) is 11.5.